The van der Waals surface area contributed by atoms with Gasteiger partial charge in [0.15, 0.2) is 0 Å². The molecule has 0 fully saturated rings. The van der Waals surface area contributed by atoms with Crippen LogP contribution in [0.2, 0.25) is 0 Å². The van der Waals surface area contributed by atoms with Crippen molar-refractivity contribution in [1.82, 2.24) is 9.97 Å². The van der Waals surface area contributed by atoms with Crippen LogP contribution in [0, 0.1) is 5.92 Å². The smallest absolute Gasteiger partial charge is 0.433 e. The van der Waals surface area contributed by atoms with Crippen LogP contribution in [0.15, 0.2) is 12.3 Å². The molecule has 8 heteroatoms. The third kappa shape index (κ3) is 4.08. The molecule has 1 N–H and O–H groups in total. The van der Waals surface area contributed by atoms with Gasteiger partial charge in [-0.15, -0.1) is 0 Å². The zero-order valence-electron chi connectivity index (χ0n) is 10.7. The molecule has 1 rings (SSSR count). The highest BCUT2D eigenvalue weighted by atomic mass is 19.4. The van der Waals surface area contributed by atoms with Crippen LogP contribution in [0.3, 0.4) is 0 Å². The molecule has 0 saturated heterocycles. The van der Waals surface area contributed by atoms with Crippen LogP contribution < -0.4 is 5.32 Å². The van der Waals surface area contributed by atoms with Gasteiger partial charge in [-0.1, -0.05) is 13.8 Å². The van der Waals surface area contributed by atoms with Gasteiger partial charge in [-0.25, -0.2) is 14.8 Å². The molecule has 1 unspecified atom stereocenters. The van der Waals surface area contributed by atoms with E-state index in [4.69, 9.17) is 0 Å². The van der Waals surface area contributed by atoms with Gasteiger partial charge >= 0.3 is 12.1 Å². The predicted molar refractivity (Wildman–Crippen MR) is 61.3 cm³/mol. The van der Waals surface area contributed by atoms with Crippen molar-refractivity contribution in [3.8, 4) is 0 Å². The highest BCUT2D eigenvalue weighted by Gasteiger charge is 2.33. The average molecular weight is 277 g/mol. The number of alkyl halides is 3. The third-order valence-electron chi connectivity index (χ3n) is 2.35. The summed E-state index contributed by atoms with van der Waals surface area (Å²) in [7, 11) is 1.20. The fraction of sp³-hybridized carbons (Fsp3) is 0.545. The fourth-order valence-electron chi connectivity index (χ4n) is 1.35. The number of esters is 1. The van der Waals surface area contributed by atoms with Crippen LogP contribution in [-0.2, 0) is 15.7 Å². The summed E-state index contributed by atoms with van der Waals surface area (Å²) >= 11 is 0. The van der Waals surface area contributed by atoms with E-state index in [0.29, 0.717) is 0 Å². The number of hydrogen-bond acceptors (Lipinski definition) is 5. The molecule has 1 aromatic rings. The first-order valence-electron chi connectivity index (χ1n) is 5.50. The van der Waals surface area contributed by atoms with Crippen LogP contribution >= 0.6 is 0 Å². The predicted octanol–water partition coefficient (Wildman–Crippen LogP) is 2.10. The highest BCUT2D eigenvalue weighted by Crippen LogP contribution is 2.27. The molecule has 0 spiro atoms. The number of methoxy groups -OCH3 is 1. The van der Waals surface area contributed by atoms with Crippen molar-refractivity contribution in [2.45, 2.75) is 26.1 Å². The van der Waals surface area contributed by atoms with E-state index in [1.807, 2.05) is 0 Å². The summed E-state index contributed by atoms with van der Waals surface area (Å²) in [5, 5.41) is 2.54. The Balaban J connectivity index is 2.95. The van der Waals surface area contributed by atoms with Crippen LogP contribution in [-0.4, -0.2) is 29.1 Å². The minimum Gasteiger partial charge on any atom is -0.467 e. The van der Waals surface area contributed by atoms with Gasteiger partial charge in [0.1, 0.15) is 11.7 Å². The summed E-state index contributed by atoms with van der Waals surface area (Å²) in [5.74, 6) is -1.04. The number of halogens is 3. The summed E-state index contributed by atoms with van der Waals surface area (Å²) < 4.78 is 42.0. The Bertz CT molecular complexity index is 449. The number of ether oxygens (including phenoxy) is 1. The molecule has 19 heavy (non-hydrogen) atoms. The lowest BCUT2D eigenvalue weighted by molar-refractivity contribution is -0.142. The van der Waals surface area contributed by atoms with Gasteiger partial charge in [0.05, 0.1) is 7.11 Å². The molecule has 0 aliphatic heterocycles. The molecule has 0 aliphatic rings. The maximum Gasteiger partial charge on any atom is 0.433 e. The number of aromatic nitrogens is 2. The number of hydrogen-bond donors (Lipinski definition) is 1. The summed E-state index contributed by atoms with van der Waals surface area (Å²) in [6, 6.07) is -0.0539. The molecule has 1 heterocycles. The van der Waals surface area contributed by atoms with Crippen molar-refractivity contribution < 1.29 is 22.7 Å². The van der Waals surface area contributed by atoms with E-state index < -0.39 is 23.9 Å². The van der Waals surface area contributed by atoms with Crippen molar-refractivity contribution >= 4 is 11.9 Å². The number of nitrogens with zero attached hydrogens (tertiary/aromatic N) is 2. The molecule has 0 aliphatic carbocycles. The highest BCUT2D eigenvalue weighted by molar-refractivity contribution is 5.78. The summed E-state index contributed by atoms with van der Waals surface area (Å²) in [4.78, 5) is 18.5. The zero-order valence-corrected chi connectivity index (χ0v) is 10.7. The van der Waals surface area contributed by atoms with E-state index in [1.165, 1.54) is 7.11 Å². The lowest BCUT2D eigenvalue weighted by atomic mass is 10.1. The van der Waals surface area contributed by atoms with Crippen molar-refractivity contribution in [2.24, 2.45) is 5.92 Å². The van der Waals surface area contributed by atoms with E-state index in [2.05, 4.69) is 20.0 Å². The largest absolute Gasteiger partial charge is 0.467 e. The Morgan fingerprint density at radius 2 is 2.05 bits per heavy atom. The van der Waals surface area contributed by atoms with Crippen molar-refractivity contribution in [2.75, 3.05) is 12.4 Å². The minimum atomic E-state index is -4.56. The lowest BCUT2D eigenvalue weighted by Gasteiger charge is -2.19. The normalized spacial score (nSPS) is 13.2. The number of anilines is 1. The number of rotatable bonds is 4. The topological polar surface area (TPSA) is 64.1 Å². The Morgan fingerprint density at radius 1 is 1.42 bits per heavy atom. The number of carbonyl (C=O) groups excluding carboxylic acids is 1. The standard InChI is InChI=1S/C11H14F3N3O2/c1-6(2)8(9(18)19-3)17-10-15-5-4-7(16-10)11(12,13)14/h4-6,8H,1-3H3,(H,15,16,17). The van der Waals surface area contributed by atoms with Crippen LogP contribution in [0.5, 0.6) is 0 Å². The first kappa shape index (κ1) is 15.2. The number of nitrogens with one attached hydrogen (secondary N) is 1. The second-order valence-electron chi connectivity index (χ2n) is 4.15. The molecule has 0 amide bonds. The fourth-order valence-corrected chi connectivity index (χ4v) is 1.35. The molecule has 0 aromatic carbocycles. The first-order chi connectivity index (χ1) is 8.75. The maximum absolute atomic E-state index is 12.5. The van der Waals surface area contributed by atoms with Gasteiger partial charge in [0, 0.05) is 6.20 Å². The van der Waals surface area contributed by atoms with Gasteiger partial charge in [0.2, 0.25) is 5.95 Å². The summed E-state index contributed by atoms with van der Waals surface area (Å²) in [5.41, 5.74) is -1.07. The van der Waals surface area contributed by atoms with E-state index >= 15 is 0 Å². The number of carbonyl (C=O) groups is 1. The molecule has 1 atom stereocenters. The van der Waals surface area contributed by atoms with Gasteiger partial charge in [-0.3, -0.25) is 0 Å². The van der Waals surface area contributed by atoms with E-state index in [1.54, 1.807) is 13.8 Å². The maximum atomic E-state index is 12.5. The molecule has 1 aromatic heterocycles. The molecule has 106 valence electrons. The van der Waals surface area contributed by atoms with Gasteiger partial charge in [0.25, 0.3) is 0 Å². The van der Waals surface area contributed by atoms with E-state index in [-0.39, 0.29) is 11.9 Å². The summed E-state index contributed by atoms with van der Waals surface area (Å²) in [6.07, 6.45) is -3.58. The first-order valence-corrected chi connectivity index (χ1v) is 5.50. The lowest BCUT2D eigenvalue weighted by Crippen LogP contribution is -2.36. The summed E-state index contributed by atoms with van der Waals surface area (Å²) in [6.45, 7) is 3.45. The third-order valence-corrected chi connectivity index (χ3v) is 2.35. The van der Waals surface area contributed by atoms with Gasteiger partial charge in [-0.05, 0) is 12.0 Å². The van der Waals surface area contributed by atoms with Gasteiger partial charge < -0.3 is 10.1 Å². The van der Waals surface area contributed by atoms with Crippen LogP contribution in [0.25, 0.3) is 0 Å². The molecular weight excluding hydrogens is 263 g/mol. The van der Waals surface area contributed by atoms with Crippen molar-refractivity contribution in [1.29, 1.82) is 0 Å². The Labute approximate surface area is 108 Å². The Kier molecular flexibility index (Phi) is 4.68. The zero-order chi connectivity index (χ0) is 14.6. The van der Waals surface area contributed by atoms with Crippen LogP contribution in [0.4, 0.5) is 19.1 Å². The van der Waals surface area contributed by atoms with Crippen molar-refractivity contribution in [3.05, 3.63) is 18.0 Å². The van der Waals surface area contributed by atoms with E-state index in [0.717, 1.165) is 12.3 Å². The monoisotopic (exact) mass is 277 g/mol. The average Bonchev–Trinajstić information content (AvgIpc) is 2.34. The molecular formula is C11H14F3N3O2. The van der Waals surface area contributed by atoms with Crippen LogP contribution in [0.1, 0.15) is 19.5 Å². The molecule has 0 saturated carbocycles. The molecule has 0 radical (unpaired) electrons. The molecule has 0 bridgehead atoms. The second-order valence-corrected chi connectivity index (χ2v) is 4.15. The van der Waals surface area contributed by atoms with Gasteiger partial charge in [-0.2, -0.15) is 13.2 Å². The Morgan fingerprint density at radius 3 is 2.53 bits per heavy atom. The Hall–Kier alpha value is -1.86. The van der Waals surface area contributed by atoms with E-state index in [9.17, 15) is 18.0 Å². The quantitative estimate of drug-likeness (QED) is 0.854. The van der Waals surface area contributed by atoms with Crippen molar-refractivity contribution in [3.63, 3.8) is 0 Å². The second kappa shape index (κ2) is 5.85. The SMILES string of the molecule is COC(=O)C(Nc1nccc(C(F)(F)F)n1)C(C)C. The molecule has 5 nitrogen and oxygen atoms in total. The minimum absolute atomic E-state index is 0.189.